The summed E-state index contributed by atoms with van der Waals surface area (Å²) in [5.41, 5.74) is 2.42. The summed E-state index contributed by atoms with van der Waals surface area (Å²) in [6, 6.07) is 2.69. The Morgan fingerprint density at radius 2 is 1.98 bits per heavy atom. The topological polar surface area (TPSA) is 134 Å². The molecule has 0 saturated heterocycles. The van der Waals surface area contributed by atoms with Crippen LogP contribution in [0.5, 0.6) is 11.5 Å². The molecule has 0 aliphatic heterocycles. The average molecular weight is 585 g/mol. The van der Waals surface area contributed by atoms with E-state index >= 15 is 0 Å². The average Bonchev–Trinajstić information content (AvgIpc) is 3.48. The Hall–Kier alpha value is -3.45. The molecule has 4 aromatic rings. The van der Waals surface area contributed by atoms with Crippen molar-refractivity contribution < 1.29 is 19.2 Å². The van der Waals surface area contributed by atoms with Gasteiger partial charge < -0.3 is 14.8 Å². The van der Waals surface area contributed by atoms with Crippen LogP contribution in [0.25, 0.3) is 15.9 Å². The highest BCUT2D eigenvalue weighted by Gasteiger charge is 2.32. The standard InChI is InChI=1S/C27H32N6O5S2/c1-6-37-19-12-18(33(35)36)20(38-7-2)11-17(19)29-22(34)13-39-26-31-30-24-23-16-9-8-15(27(3,4)5)10-21(16)40-25(23)28-14-32(24)26/h11-12,14-15H,6-10,13H2,1-5H3,(H,29,34)/t15-/m1/s1. The van der Waals surface area contributed by atoms with Gasteiger partial charge in [-0.1, -0.05) is 32.5 Å². The van der Waals surface area contributed by atoms with Gasteiger partial charge in [-0.05, 0) is 50.0 Å². The second-order valence-electron chi connectivity index (χ2n) is 10.7. The second kappa shape index (κ2) is 11.2. The Labute approximate surface area is 239 Å². The van der Waals surface area contributed by atoms with Gasteiger partial charge in [0.25, 0.3) is 0 Å². The third-order valence-corrected chi connectivity index (χ3v) is 9.22. The smallest absolute Gasteiger partial charge is 0.314 e. The van der Waals surface area contributed by atoms with Gasteiger partial charge >= 0.3 is 5.69 Å². The molecule has 1 atom stereocenters. The van der Waals surface area contributed by atoms with Crippen LogP contribution in [0.2, 0.25) is 0 Å². The highest BCUT2D eigenvalue weighted by atomic mass is 32.2. The number of hydrogen-bond donors (Lipinski definition) is 1. The maximum absolute atomic E-state index is 12.9. The number of nitro groups is 1. The zero-order valence-corrected chi connectivity index (χ0v) is 24.8. The van der Waals surface area contributed by atoms with Gasteiger partial charge in [-0.15, -0.1) is 21.5 Å². The molecule has 11 nitrogen and oxygen atoms in total. The number of aryl methyl sites for hydroxylation is 1. The van der Waals surface area contributed by atoms with Crippen molar-refractivity contribution in [1.82, 2.24) is 19.6 Å². The molecule has 0 unspecified atom stereocenters. The number of carbonyl (C=O) groups is 1. The van der Waals surface area contributed by atoms with Crippen LogP contribution in [0, 0.1) is 21.4 Å². The molecule has 0 saturated carbocycles. The number of benzene rings is 1. The number of nitrogens with one attached hydrogen (secondary N) is 1. The first-order valence-corrected chi connectivity index (χ1v) is 15.1. The van der Waals surface area contributed by atoms with Crippen molar-refractivity contribution in [2.45, 2.75) is 59.0 Å². The molecular formula is C27H32N6O5S2. The predicted octanol–water partition coefficient (Wildman–Crippen LogP) is 5.93. The summed E-state index contributed by atoms with van der Waals surface area (Å²) in [5, 5.41) is 24.8. The van der Waals surface area contributed by atoms with Crippen molar-refractivity contribution in [3.05, 3.63) is 39.0 Å². The van der Waals surface area contributed by atoms with E-state index in [9.17, 15) is 14.9 Å². The number of nitrogens with zero attached hydrogens (tertiary/aromatic N) is 5. The summed E-state index contributed by atoms with van der Waals surface area (Å²) in [6.45, 7) is 10.9. The molecule has 5 rings (SSSR count). The van der Waals surface area contributed by atoms with E-state index in [0.29, 0.717) is 16.8 Å². The van der Waals surface area contributed by atoms with Gasteiger partial charge in [0.15, 0.2) is 16.6 Å². The van der Waals surface area contributed by atoms with Crippen molar-refractivity contribution in [1.29, 1.82) is 0 Å². The van der Waals surface area contributed by atoms with Gasteiger partial charge in [-0.25, -0.2) is 4.98 Å². The highest BCUT2D eigenvalue weighted by Crippen LogP contribution is 2.44. The molecule has 3 aromatic heterocycles. The van der Waals surface area contributed by atoms with Crippen molar-refractivity contribution in [2.75, 3.05) is 24.3 Å². The number of aromatic nitrogens is 4. The number of ether oxygens (including phenoxy) is 2. The lowest BCUT2D eigenvalue weighted by Crippen LogP contribution is -2.26. The number of thioether (sulfide) groups is 1. The van der Waals surface area contributed by atoms with Gasteiger partial charge in [-0.2, -0.15) is 0 Å². The predicted molar refractivity (Wildman–Crippen MR) is 156 cm³/mol. The quantitative estimate of drug-likeness (QED) is 0.144. The number of carbonyl (C=O) groups excluding carboxylic acids is 1. The van der Waals surface area contributed by atoms with Gasteiger partial charge in [0, 0.05) is 10.9 Å². The second-order valence-corrected chi connectivity index (χ2v) is 12.7. The molecule has 1 aromatic carbocycles. The summed E-state index contributed by atoms with van der Waals surface area (Å²) in [5.74, 6) is 0.613. The molecule has 1 aliphatic carbocycles. The van der Waals surface area contributed by atoms with E-state index in [4.69, 9.17) is 14.5 Å². The van der Waals surface area contributed by atoms with E-state index in [2.05, 4.69) is 36.3 Å². The fourth-order valence-corrected chi connectivity index (χ4v) is 7.01. The van der Waals surface area contributed by atoms with Crippen LogP contribution in [-0.2, 0) is 17.6 Å². The lowest BCUT2D eigenvalue weighted by molar-refractivity contribution is -0.385. The maximum Gasteiger partial charge on any atom is 0.314 e. The van der Waals surface area contributed by atoms with Crippen LogP contribution >= 0.6 is 23.1 Å². The minimum Gasteiger partial charge on any atom is -0.491 e. The number of nitro benzene ring substituents is 1. The first kappa shape index (κ1) is 28.1. The monoisotopic (exact) mass is 584 g/mol. The highest BCUT2D eigenvalue weighted by molar-refractivity contribution is 7.99. The molecule has 1 amide bonds. The fourth-order valence-electron chi connectivity index (χ4n) is 5.04. The number of thiophene rings is 1. The Morgan fingerprint density at radius 3 is 2.67 bits per heavy atom. The zero-order chi connectivity index (χ0) is 28.6. The third kappa shape index (κ3) is 5.44. The van der Waals surface area contributed by atoms with Crippen LogP contribution in [0.3, 0.4) is 0 Å². The normalized spacial score (nSPS) is 15.3. The largest absolute Gasteiger partial charge is 0.491 e. The Bertz CT molecular complexity index is 1590. The van der Waals surface area contributed by atoms with E-state index in [1.165, 1.54) is 34.3 Å². The van der Waals surface area contributed by atoms with Crippen molar-refractivity contribution in [3.63, 3.8) is 0 Å². The SMILES string of the molecule is CCOc1cc([N+](=O)[O-])c(OCC)cc1NC(=O)CSc1nnc2c3c4c(sc3ncn12)C[C@H](C(C)(C)C)CC4. The molecule has 212 valence electrons. The summed E-state index contributed by atoms with van der Waals surface area (Å²) in [6.07, 6.45) is 4.91. The number of rotatable bonds is 9. The lowest BCUT2D eigenvalue weighted by Gasteiger charge is -2.33. The molecular weight excluding hydrogens is 552 g/mol. The molecule has 40 heavy (non-hydrogen) atoms. The van der Waals surface area contributed by atoms with E-state index in [-0.39, 0.29) is 47.5 Å². The van der Waals surface area contributed by atoms with Gasteiger partial charge in [0.1, 0.15) is 16.9 Å². The first-order chi connectivity index (χ1) is 19.1. The minimum atomic E-state index is -0.538. The van der Waals surface area contributed by atoms with Gasteiger partial charge in [-0.3, -0.25) is 19.3 Å². The summed E-state index contributed by atoms with van der Waals surface area (Å²) in [4.78, 5) is 30.9. The van der Waals surface area contributed by atoms with Crippen molar-refractivity contribution >= 4 is 56.2 Å². The van der Waals surface area contributed by atoms with Gasteiger partial charge in [0.05, 0.1) is 41.0 Å². The molecule has 0 fully saturated rings. The molecule has 1 N–H and O–H groups in total. The summed E-state index contributed by atoms with van der Waals surface area (Å²) < 4.78 is 12.8. The third-order valence-electron chi connectivity index (χ3n) is 7.11. The van der Waals surface area contributed by atoms with Crippen molar-refractivity contribution in [3.8, 4) is 11.5 Å². The van der Waals surface area contributed by atoms with Crippen LogP contribution in [-0.4, -0.2) is 49.4 Å². The number of hydrogen-bond acceptors (Lipinski definition) is 10. The van der Waals surface area contributed by atoms with Crippen molar-refractivity contribution in [2.24, 2.45) is 11.3 Å². The van der Waals surface area contributed by atoms with E-state index in [1.807, 2.05) is 4.40 Å². The summed E-state index contributed by atoms with van der Waals surface area (Å²) in [7, 11) is 0. The number of fused-ring (bicyclic) bond motifs is 5. The lowest BCUT2D eigenvalue weighted by atomic mass is 9.72. The van der Waals surface area contributed by atoms with E-state index < -0.39 is 4.92 Å². The van der Waals surface area contributed by atoms with Gasteiger partial charge in [0.2, 0.25) is 5.91 Å². The molecule has 3 heterocycles. The molecule has 0 bridgehead atoms. The number of anilines is 1. The van der Waals surface area contributed by atoms with Crippen LogP contribution in [0.4, 0.5) is 11.4 Å². The Balaban J connectivity index is 1.35. The fraction of sp³-hybridized carbons (Fsp3) is 0.481. The van der Waals surface area contributed by atoms with Crippen LogP contribution in [0.1, 0.15) is 51.5 Å². The molecule has 13 heteroatoms. The van der Waals surface area contributed by atoms with Crippen LogP contribution < -0.4 is 14.8 Å². The minimum absolute atomic E-state index is 0.0420. The molecule has 0 radical (unpaired) electrons. The molecule has 0 spiro atoms. The molecule has 1 aliphatic rings. The Kier molecular flexibility index (Phi) is 7.87. The zero-order valence-electron chi connectivity index (χ0n) is 23.1. The summed E-state index contributed by atoms with van der Waals surface area (Å²) >= 11 is 2.99. The van der Waals surface area contributed by atoms with E-state index in [0.717, 1.165) is 35.1 Å². The maximum atomic E-state index is 12.9. The Morgan fingerprint density at radius 1 is 1.23 bits per heavy atom. The number of amides is 1. The van der Waals surface area contributed by atoms with E-state index in [1.54, 1.807) is 31.5 Å². The first-order valence-electron chi connectivity index (χ1n) is 13.2. The van der Waals surface area contributed by atoms with Crippen LogP contribution in [0.15, 0.2) is 23.6 Å².